The van der Waals surface area contributed by atoms with Crippen molar-refractivity contribution in [3.05, 3.63) is 30.3 Å². The van der Waals surface area contributed by atoms with E-state index in [0.717, 1.165) is 12.2 Å². The van der Waals surface area contributed by atoms with Crippen molar-refractivity contribution in [1.29, 1.82) is 0 Å². The molecule has 1 aromatic carbocycles. The molecule has 0 fully saturated rings. The molecule has 116 valence electrons. The predicted octanol–water partition coefficient (Wildman–Crippen LogP) is 2.73. The highest BCUT2D eigenvalue weighted by atomic mass is 16.6. The largest absolute Gasteiger partial charge is 0.490 e. The smallest absolute Gasteiger partial charge is 0.305 e. The minimum atomic E-state index is -0.324. The van der Waals surface area contributed by atoms with Gasteiger partial charge in [-0.3, -0.25) is 9.59 Å². The Morgan fingerprint density at radius 1 is 0.905 bits per heavy atom. The number of carbonyl (C=O) groups excluding carboxylic acids is 2. The van der Waals surface area contributed by atoms with Crippen molar-refractivity contribution in [2.24, 2.45) is 0 Å². The maximum Gasteiger partial charge on any atom is 0.305 e. The second-order valence-corrected chi connectivity index (χ2v) is 4.46. The molecule has 0 radical (unpaired) electrons. The Morgan fingerprint density at radius 3 is 2.14 bits per heavy atom. The predicted molar refractivity (Wildman–Crippen MR) is 78.0 cm³/mol. The molecule has 0 aromatic heterocycles. The minimum Gasteiger partial charge on any atom is -0.490 e. The van der Waals surface area contributed by atoms with Crippen LogP contribution in [0.25, 0.3) is 0 Å². The molecule has 0 spiro atoms. The van der Waals surface area contributed by atoms with Gasteiger partial charge in [0.15, 0.2) is 0 Å². The van der Waals surface area contributed by atoms with Crippen LogP contribution in [0.2, 0.25) is 0 Å². The number of hydrogen-bond acceptors (Lipinski definition) is 5. The molecule has 0 aliphatic rings. The Balaban J connectivity index is 2.00. The first-order valence-corrected chi connectivity index (χ1v) is 7.21. The first kappa shape index (κ1) is 17.0. The van der Waals surface area contributed by atoms with E-state index < -0.39 is 0 Å². The lowest BCUT2D eigenvalue weighted by Gasteiger charge is -2.07. The van der Waals surface area contributed by atoms with Crippen molar-refractivity contribution >= 4 is 11.9 Å². The van der Waals surface area contributed by atoms with Crippen LogP contribution in [-0.4, -0.2) is 31.8 Å². The number of ether oxygens (including phenoxy) is 3. The molecule has 5 heteroatoms. The number of rotatable bonds is 10. The Morgan fingerprint density at radius 2 is 1.52 bits per heavy atom. The van der Waals surface area contributed by atoms with Crippen LogP contribution in [0.5, 0.6) is 5.75 Å². The summed E-state index contributed by atoms with van der Waals surface area (Å²) in [6, 6.07) is 9.32. The monoisotopic (exact) mass is 294 g/mol. The molecule has 0 saturated carbocycles. The molecule has 0 amide bonds. The second kappa shape index (κ2) is 10.7. The van der Waals surface area contributed by atoms with Gasteiger partial charge in [-0.15, -0.1) is 0 Å². The number of para-hydroxylation sites is 1. The Labute approximate surface area is 125 Å². The summed E-state index contributed by atoms with van der Waals surface area (Å²) in [6.45, 7) is 2.88. The van der Waals surface area contributed by atoms with Crippen LogP contribution in [0.1, 0.15) is 32.6 Å². The van der Waals surface area contributed by atoms with Crippen LogP contribution >= 0.6 is 0 Å². The van der Waals surface area contributed by atoms with Gasteiger partial charge in [0.25, 0.3) is 0 Å². The van der Waals surface area contributed by atoms with Gasteiger partial charge in [0, 0.05) is 12.8 Å². The van der Waals surface area contributed by atoms with Gasteiger partial charge in [-0.25, -0.2) is 0 Å². The van der Waals surface area contributed by atoms with Crippen molar-refractivity contribution in [1.82, 2.24) is 0 Å². The minimum absolute atomic E-state index is 0.202. The number of carbonyl (C=O) groups is 2. The fraction of sp³-hybridized carbons (Fsp3) is 0.500. The van der Waals surface area contributed by atoms with Crippen LogP contribution in [0, 0.1) is 0 Å². The van der Waals surface area contributed by atoms with E-state index in [0.29, 0.717) is 19.6 Å². The van der Waals surface area contributed by atoms with E-state index in [-0.39, 0.29) is 31.4 Å². The summed E-state index contributed by atoms with van der Waals surface area (Å²) in [5, 5.41) is 0. The molecule has 0 bridgehead atoms. The Hall–Kier alpha value is -2.04. The first-order valence-electron chi connectivity index (χ1n) is 7.21. The van der Waals surface area contributed by atoms with E-state index >= 15 is 0 Å². The van der Waals surface area contributed by atoms with E-state index in [1.165, 1.54) is 0 Å². The molecule has 0 aliphatic carbocycles. The molecule has 1 rings (SSSR count). The molecular weight excluding hydrogens is 272 g/mol. The quantitative estimate of drug-likeness (QED) is 0.490. The van der Waals surface area contributed by atoms with Gasteiger partial charge >= 0.3 is 11.9 Å². The lowest BCUT2D eigenvalue weighted by molar-refractivity contribution is -0.145. The lowest BCUT2D eigenvalue weighted by atomic mass is 10.2. The third-order valence-corrected chi connectivity index (χ3v) is 2.59. The van der Waals surface area contributed by atoms with E-state index in [2.05, 4.69) is 0 Å². The van der Waals surface area contributed by atoms with Crippen LogP contribution in [0.4, 0.5) is 0 Å². The summed E-state index contributed by atoms with van der Waals surface area (Å²) < 4.78 is 15.3. The lowest BCUT2D eigenvalue weighted by Crippen LogP contribution is -2.13. The highest BCUT2D eigenvalue weighted by Gasteiger charge is 2.07. The summed E-state index contributed by atoms with van der Waals surface area (Å²) in [6.07, 6.45) is 1.71. The topological polar surface area (TPSA) is 61.8 Å². The summed E-state index contributed by atoms with van der Waals surface area (Å²) in [5.41, 5.74) is 0. The zero-order valence-corrected chi connectivity index (χ0v) is 12.4. The van der Waals surface area contributed by atoms with Crippen molar-refractivity contribution in [3.8, 4) is 5.75 Å². The van der Waals surface area contributed by atoms with E-state index in [4.69, 9.17) is 14.2 Å². The van der Waals surface area contributed by atoms with Crippen molar-refractivity contribution < 1.29 is 23.8 Å². The maximum absolute atomic E-state index is 11.4. The Kier molecular flexibility index (Phi) is 8.68. The molecule has 0 aliphatic heterocycles. The normalized spacial score (nSPS) is 9.95. The highest BCUT2D eigenvalue weighted by Crippen LogP contribution is 2.07. The molecule has 0 unspecified atom stereocenters. The SMILES string of the molecule is CCCOC(=O)CCCC(=O)OCCOc1ccccc1. The molecular formula is C16H22O5. The second-order valence-electron chi connectivity index (χ2n) is 4.46. The summed E-state index contributed by atoms with van der Waals surface area (Å²) in [7, 11) is 0. The summed E-state index contributed by atoms with van der Waals surface area (Å²) >= 11 is 0. The van der Waals surface area contributed by atoms with Crippen LogP contribution < -0.4 is 4.74 Å². The fourth-order valence-electron chi connectivity index (χ4n) is 1.57. The summed E-state index contributed by atoms with van der Waals surface area (Å²) in [4.78, 5) is 22.6. The van der Waals surface area contributed by atoms with E-state index in [9.17, 15) is 9.59 Å². The molecule has 0 saturated heterocycles. The molecule has 21 heavy (non-hydrogen) atoms. The van der Waals surface area contributed by atoms with Gasteiger partial charge in [0.1, 0.15) is 19.0 Å². The fourth-order valence-corrected chi connectivity index (χ4v) is 1.57. The van der Waals surface area contributed by atoms with Gasteiger partial charge in [-0.05, 0) is 25.0 Å². The van der Waals surface area contributed by atoms with Gasteiger partial charge in [0.2, 0.25) is 0 Å². The van der Waals surface area contributed by atoms with Crippen molar-refractivity contribution in [2.45, 2.75) is 32.6 Å². The van der Waals surface area contributed by atoms with Gasteiger partial charge in [-0.1, -0.05) is 25.1 Å². The number of benzene rings is 1. The van der Waals surface area contributed by atoms with Crippen molar-refractivity contribution in [3.63, 3.8) is 0 Å². The molecule has 5 nitrogen and oxygen atoms in total. The molecule has 1 aromatic rings. The van der Waals surface area contributed by atoms with Crippen LogP contribution in [0.3, 0.4) is 0 Å². The van der Waals surface area contributed by atoms with Gasteiger partial charge < -0.3 is 14.2 Å². The third kappa shape index (κ3) is 8.68. The first-order chi connectivity index (χ1) is 10.2. The third-order valence-electron chi connectivity index (χ3n) is 2.59. The zero-order chi connectivity index (χ0) is 15.3. The van der Waals surface area contributed by atoms with Crippen LogP contribution in [-0.2, 0) is 19.1 Å². The van der Waals surface area contributed by atoms with Gasteiger partial charge in [0.05, 0.1) is 6.61 Å². The average molecular weight is 294 g/mol. The number of hydrogen-bond donors (Lipinski definition) is 0. The Bertz CT molecular complexity index is 416. The van der Waals surface area contributed by atoms with E-state index in [1.54, 1.807) is 0 Å². The molecule has 0 atom stereocenters. The van der Waals surface area contributed by atoms with Crippen LogP contribution in [0.15, 0.2) is 30.3 Å². The zero-order valence-electron chi connectivity index (χ0n) is 12.4. The highest BCUT2D eigenvalue weighted by molar-refractivity contribution is 5.72. The molecule has 0 heterocycles. The van der Waals surface area contributed by atoms with Gasteiger partial charge in [-0.2, -0.15) is 0 Å². The van der Waals surface area contributed by atoms with E-state index in [1.807, 2.05) is 37.3 Å². The maximum atomic E-state index is 11.4. The molecule has 0 N–H and O–H groups in total. The average Bonchev–Trinajstić information content (AvgIpc) is 2.50. The number of esters is 2. The summed E-state index contributed by atoms with van der Waals surface area (Å²) in [5.74, 6) is 0.152. The van der Waals surface area contributed by atoms with Crippen molar-refractivity contribution in [2.75, 3.05) is 19.8 Å². The standard InChI is InChI=1S/C16H22O5/c1-2-11-20-15(17)9-6-10-16(18)21-13-12-19-14-7-4-3-5-8-14/h3-5,7-8H,2,6,9-13H2,1H3.